The highest BCUT2D eigenvalue weighted by Gasteiger charge is 2.13. The van der Waals surface area contributed by atoms with E-state index in [1.807, 2.05) is 13.8 Å². The van der Waals surface area contributed by atoms with Gasteiger partial charge in [0.05, 0.1) is 4.90 Å². The first-order valence-corrected chi connectivity index (χ1v) is 8.88. The molecule has 0 aliphatic carbocycles. The van der Waals surface area contributed by atoms with Crippen LogP contribution in [0.15, 0.2) is 53.4 Å². The second kappa shape index (κ2) is 7.28. The number of amides is 1. The molecular weight excluding hydrogens is 312 g/mol. The molecule has 2 aromatic carbocycles. The van der Waals surface area contributed by atoms with Gasteiger partial charge < -0.3 is 5.32 Å². The fourth-order valence-corrected chi connectivity index (χ4v) is 3.06. The van der Waals surface area contributed by atoms with Crippen LogP contribution in [0.3, 0.4) is 0 Å². The van der Waals surface area contributed by atoms with Gasteiger partial charge in [-0.2, -0.15) is 0 Å². The van der Waals surface area contributed by atoms with Crippen LogP contribution in [-0.2, 0) is 14.8 Å². The molecule has 2 rings (SSSR count). The third kappa shape index (κ3) is 4.82. The number of aryl methyl sites for hydroxylation is 1. The number of benzene rings is 2. The second-order valence-electron chi connectivity index (χ2n) is 5.29. The predicted molar refractivity (Wildman–Crippen MR) is 92.0 cm³/mol. The highest BCUT2D eigenvalue weighted by Crippen LogP contribution is 2.19. The van der Waals surface area contributed by atoms with E-state index in [4.69, 9.17) is 0 Å². The fraction of sp³-hybridized carbons (Fsp3) is 0.235. The number of hydrogen-bond donors (Lipinski definition) is 2. The van der Waals surface area contributed by atoms with Crippen molar-refractivity contribution in [2.75, 3.05) is 10.0 Å². The number of carbonyl (C=O) groups is 1. The van der Waals surface area contributed by atoms with Gasteiger partial charge >= 0.3 is 0 Å². The number of hydrogen-bond acceptors (Lipinski definition) is 3. The SMILES string of the molecule is CCCC(=O)Nc1ccc(NS(=O)(=O)c2ccc(C)cc2)cc1. The molecule has 0 aliphatic heterocycles. The number of nitrogens with one attached hydrogen (secondary N) is 2. The Morgan fingerprint density at radius 2 is 1.52 bits per heavy atom. The molecular formula is C17H20N2O3S. The standard InChI is InChI=1S/C17H20N2O3S/c1-3-4-17(20)18-14-7-9-15(10-8-14)19-23(21,22)16-11-5-13(2)6-12-16/h5-12,19H,3-4H2,1-2H3,(H,18,20). The van der Waals surface area contributed by atoms with E-state index in [1.165, 1.54) is 0 Å². The molecule has 2 N–H and O–H groups in total. The summed E-state index contributed by atoms with van der Waals surface area (Å²) in [6, 6.07) is 13.2. The quantitative estimate of drug-likeness (QED) is 0.849. The molecule has 5 nitrogen and oxygen atoms in total. The summed E-state index contributed by atoms with van der Waals surface area (Å²) in [5.41, 5.74) is 2.08. The van der Waals surface area contributed by atoms with E-state index in [9.17, 15) is 13.2 Å². The lowest BCUT2D eigenvalue weighted by Crippen LogP contribution is -2.13. The maximum absolute atomic E-state index is 12.3. The van der Waals surface area contributed by atoms with E-state index in [0.29, 0.717) is 17.8 Å². The molecule has 23 heavy (non-hydrogen) atoms. The van der Waals surface area contributed by atoms with Crippen molar-refractivity contribution in [2.24, 2.45) is 0 Å². The van der Waals surface area contributed by atoms with Crippen LogP contribution in [0, 0.1) is 6.92 Å². The Bertz CT molecular complexity index is 766. The topological polar surface area (TPSA) is 75.3 Å². The summed E-state index contributed by atoms with van der Waals surface area (Å²) in [6.45, 7) is 3.83. The zero-order valence-electron chi connectivity index (χ0n) is 13.2. The Morgan fingerprint density at radius 3 is 2.09 bits per heavy atom. The first-order chi connectivity index (χ1) is 10.9. The van der Waals surface area contributed by atoms with Crippen LogP contribution in [0.5, 0.6) is 0 Å². The van der Waals surface area contributed by atoms with Gasteiger partial charge in [-0.1, -0.05) is 24.6 Å². The van der Waals surface area contributed by atoms with Crippen LogP contribution in [-0.4, -0.2) is 14.3 Å². The van der Waals surface area contributed by atoms with E-state index in [-0.39, 0.29) is 10.8 Å². The molecule has 6 heteroatoms. The summed E-state index contributed by atoms with van der Waals surface area (Å²) >= 11 is 0. The molecule has 0 bridgehead atoms. The molecule has 0 fully saturated rings. The van der Waals surface area contributed by atoms with Crippen LogP contribution in [0.4, 0.5) is 11.4 Å². The lowest BCUT2D eigenvalue weighted by atomic mass is 10.2. The molecule has 2 aromatic rings. The summed E-state index contributed by atoms with van der Waals surface area (Å²) in [5, 5.41) is 2.75. The first kappa shape index (κ1) is 17.0. The maximum atomic E-state index is 12.3. The van der Waals surface area contributed by atoms with Crippen LogP contribution < -0.4 is 10.0 Å². The van der Waals surface area contributed by atoms with Crippen molar-refractivity contribution < 1.29 is 13.2 Å². The largest absolute Gasteiger partial charge is 0.326 e. The Labute approximate surface area is 136 Å². The Balaban J connectivity index is 2.08. The summed E-state index contributed by atoms with van der Waals surface area (Å²) < 4.78 is 27.1. The van der Waals surface area contributed by atoms with Crippen LogP contribution >= 0.6 is 0 Å². The van der Waals surface area contributed by atoms with Crippen molar-refractivity contribution in [1.82, 2.24) is 0 Å². The minimum Gasteiger partial charge on any atom is -0.326 e. The molecule has 0 unspecified atom stereocenters. The molecule has 0 heterocycles. The minimum absolute atomic E-state index is 0.0551. The fourth-order valence-electron chi connectivity index (χ4n) is 2.00. The molecule has 1 amide bonds. The van der Waals surface area contributed by atoms with Crippen molar-refractivity contribution in [3.05, 3.63) is 54.1 Å². The van der Waals surface area contributed by atoms with Crippen molar-refractivity contribution in [2.45, 2.75) is 31.6 Å². The van der Waals surface area contributed by atoms with Gasteiger partial charge in [0.25, 0.3) is 10.0 Å². The van der Waals surface area contributed by atoms with Gasteiger partial charge in [0.1, 0.15) is 0 Å². The van der Waals surface area contributed by atoms with E-state index in [0.717, 1.165) is 12.0 Å². The third-order valence-electron chi connectivity index (χ3n) is 3.23. The molecule has 0 saturated carbocycles. The molecule has 0 atom stereocenters. The van der Waals surface area contributed by atoms with Crippen molar-refractivity contribution >= 4 is 27.3 Å². The highest BCUT2D eigenvalue weighted by molar-refractivity contribution is 7.92. The van der Waals surface area contributed by atoms with Gasteiger partial charge in [0.2, 0.25) is 5.91 Å². The van der Waals surface area contributed by atoms with E-state index in [1.54, 1.807) is 48.5 Å². The molecule has 0 aliphatic rings. The van der Waals surface area contributed by atoms with E-state index >= 15 is 0 Å². The molecule has 0 spiro atoms. The molecule has 0 saturated heterocycles. The monoisotopic (exact) mass is 332 g/mol. The Kier molecular flexibility index (Phi) is 5.39. The van der Waals surface area contributed by atoms with E-state index < -0.39 is 10.0 Å². The Hall–Kier alpha value is -2.34. The van der Waals surface area contributed by atoms with Crippen LogP contribution in [0.2, 0.25) is 0 Å². The first-order valence-electron chi connectivity index (χ1n) is 7.40. The number of anilines is 2. The minimum atomic E-state index is -3.61. The Morgan fingerprint density at radius 1 is 0.957 bits per heavy atom. The normalized spacial score (nSPS) is 11.0. The zero-order chi connectivity index (χ0) is 16.9. The maximum Gasteiger partial charge on any atom is 0.261 e. The van der Waals surface area contributed by atoms with Crippen LogP contribution in [0.1, 0.15) is 25.3 Å². The number of sulfonamides is 1. The van der Waals surface area contributed by atoms with Crippen LogP contribution in [0.25, 0.3) is 0 Å². The van der Waals surface area contributed by atoms with Gasteiger partial charge in [-0.25, -0.2) is 8.42 Å². The highest BCUT2D eigenvalue weighted by atomic mass is 32.2. The van der Waals surface area contributed by atoms with Crippen molar-refractivity contribution in [3.63, 3.8) is 0 Å². The lowest BCUT2D eigenvalue weighted by molar-refractivity contribution is -0.116. The van der Waals surface area contributed by atoms with Crippen molar-refractivity contribution in [3.8, 4) is 0 Å². The summed E-state index contributed by atoms with van der Waals surface area (Å²) in [5.74, 6) is -0.0551. The van der Waals surface area contributed by atoms with E-state index in [2.05, 4.69) is 10.0 Å². The molecule has 0 aromatic heterocycles. The number of rotatable bonds is 6. The smallest absolute Gasteiger partial charge is 0.261 e. The molecule has 122 valence electrons. The summed E-state index contributed by atoms with van der Waals surface area (Å²) in [7, 11) is -3.61. The van der Waals surface area contributed by atoms with Gasteiger partial charge in [0, 0.05) is 17.8 Å². The van der Waals surface area contributed by atoms with Gasteiger partial charge in [-0.15, -0.1) is 0 Å². The second-order valence-corrected chi connectivity index (χ2v) is 6.98. The average Bonchev–Trinajstić information content (AvgIpc) is 2.50. The number of carbonyl (C=O) groups excluding carboxylic acids is 1. The predicted octanol–water partition coefficient (Wildman–Crippen LogP) is 3.53. The zero-order valence-corrected chi connectivity index (χ0v) is 14.0. The van der Waals surface area contributed by atoms with Gasteiger partial charge in [0.15, 0.2) is 0 Å². The molecule has 0 radical (unpaired) electrons. The summed E-state index contributed by atoms with van der Waals surface area (Å²) in [6.07, 6.45) is 1.24. The lowest BCUT2D eigenvalue weighted by Gasteiger charge is -2.10. The van der Waals surface area contributed by atoms with Gasteiger partial charge in [-0.3, -0.25) is 9.52 Å². The third-order valence-corrected chi connectivity index (χ3v) is 4.63. The average molecular weight is 332 g/mol. The summed E-state index contributed by atoms with van der Waals surface area (Å²) in [4.78, 5) is 11.7. The van der Waals surface area contributed by atoms with Gasteiger partial charge in [-0.05, 0) is 49.7 Å². The van der Waals surface area contributed by atoms with Crippen molar-refractivity contribution in [1.29, 1.82) is 0 Å².